The van der Waals surface area contributed by atoms with E-state index in [1.165, 1.54) is 60.7 Å². The molecule has 0 atom stereocenters. The molecule has 288 valence electrons. The maximum atomic E-state index is 7.02. The maximum Gasteiger partial charge on any atom is 0.143 e. The highest BCUT2D eigenvalue weighted by Crippen LogP contribution is 2.51. The average molecular weight is 780 g/mol. The predicted molar refractivity (Wildman–Crippen MR) is 257 cm³/mol. The van der Waals surface area contributed by atoms with E-state index in [2.05, 4.69) is 231 Å². The lowest BCUT2D eigenvalue weighted by Gasteiger charge is -2.29. The van der Waals surface area contributed by atoms with Crippen LogP contribution < -0.4 is 4.90 Å². The Morgan fingerprint density at radius 1 is 0.344 bits per heavy atom. The van der Waals surface area contributed by atoms with Crippen LogP contribution in [-0.4, -0.2) is 0 Å². The first kappa shape index (κ1) is 35.3. The second-order valence-electron chi connectivity index (χ2n) is 16.9. The molecule has 1 aromatic heterocycles. The van der Waals surface area contributed by atoms with Crippen LogP contribution in [0.4, 0.5) is 17.1 Å². The molecular formula is C59H41NO. The van der Waals surface area contributed by atoms with E-state index < -0.39 is 0 Å². The molecule has 1 heterocycles. The molecule has 1 aliphatic carbocycles. The van der Waals surface area contributed by atoms with Crippen molar-refractivity contribution in [3.8, 4) is 44.5 Å². The van der Waals surface area contributed by atoms with Gasteiger partial charge in [-0.15, -0.1) is 0 Å². The Bertz CT molecular complexity index is 3440. The van der Waals surface area contributed by atoms with Gasteiger partial charge in [-0.3, -0.25) is 0 Å². The Hall–Kier alpha value is -7.68. The van der Waals surface area contributed by atoms with E-state index in [0.29, 0.717) is 0 Å². The zero-order chi connectivity index (χ0) is 40.7. The second kappa shape index (κ2) is 13.7. The van der Waals surface area contributed by atoms with E-state index in [-0.39, 0.29) is 5.41 Å². The SMILES string of the molecule is CC1(C)c2ccccc2-c2ccc(N(c3cc(-c4ccccc4)cc(-c4ccccc4)c3)c3ccc4c(c3)oc3c5ccccc5c(-c5cccc6ccccc56)cc43)cc21. The number of rotatable bonds is 6. The van der Waals surface area contributed by atoms with Crippen molar-refractivity contribution >= 4 is 60.5 Å². The summed E-state index contributed by atoms with van der Waals surface area (Å²) in [4.78, 5) is 2.42. The Balaban J connectivity index is 1.10. The molecule has 0 radical (unpaired) electrons. The van der Waals surface area contributed by atoms with Crippen molar-refractivity contribution in [2.45, 2.75) is 19.3 Å². The van der Waals surface area contributed by atoms with Gasteiger partial charge in [0.15, 0.2) is 0 Å². The van der Waals surface area contributed by atoms with Crippen molar-refractivity contribution in [2.75, 3.05) is 4.90 Å². The normalized spacial score (nSPS) is 12.9. The van der Waals surface area contributed by atoms with Crippen LogP contribution in [0.15, 0.2) is 217 Å². The molecule has 0 saturated heterocycles. The third-order valence-electron chi connectivity index (χ3n) is 13.0. The van der Waals surface area contributed by atoms with Gasteiger partial charge < -0.3 is 9.32 Å². The van der Waals surface area contributed by atoms with Gasteiger partial charge in [-0.05, 0) is 120 Å². The van der Waals surface area contributed by atoms with Crippen LogP contribution in [0, 0.1) is 0 Å². The van der Waals surface area contributed by atoms with E-state index in [1.54, 1.807) is 0 Å². The van der Waals surface area contributed by atoms with Gasteiger partial charge in [-0.25, -0.2) is 0 Å². The summed E-state index contributed by atoms with van der Waals surface area (Å²) in [6.45, 7) is 4.71. The second-order valence-corrected chi connectivity index (χ2v) is 16.9. The summed E-state index contributed by atoms with van der Waals surface area (Å²) in [5, 5.41) is 6.98. The zero-order valence-electron chi connectivity index (χ0n) is 34.1. The Labute approximate surface area is 355 Å². The Morgan fingerprint density at radius 2 is 0.934 bits per heavy atom. The summed E-state index contributed by atoms with van der Waals surface area (Å²) in [6, 6.07) is 77.4. The first-order valence-electron chi connectivity index (χ1n) is 21.2. The third-order valence-corrected chi connectivity index (χ3v) is 13.0. The van der Waals surface area contributed by atoms with E-state index >= 15 is 0 Å². The molecule has 11 aromatic rings. The summed E-state index contributed by atoms with van der Waals surface area (Å²) in [7, 11) is 0. The molecule has 2 nitrogen and oxygen atoms in total. The largest absolute Gasteiger partial charge is 0.455 e. The molecule has 0 fully saturated rings. The van der Waals surface area contributed by atoms with E-state index in [9.17, 15) is 0 Å². The Kier molecular flexibility index (Phi) is 7.92. The van der Waals surface area contributed by atoms with Crippen LogP contribution in [0.1, 0.15) is 25.0 Å². The highest BCUT2D eigenvalue weighted by Gasteiger charge is 2.36. The Morgan fingerprint density at radius 3 is 1.70 bits per heavy atom. The molecule has 0 aliphatic heterocycles. The van der Waals surface area contributed by atoms with E-state index in [0.717, 1.165) is 55.5 Å². The molecule has 12 rings (SSSR count). The van der Waals surface area contributed by atoms with E-state index in [1.807, 2.05) is 0 Å². The lowest BCUT2D eigenvalue weighted by molar-refractivity contribution is 0.660. The van der Waals surface area contributed by atoms with Crippen molar-refractivity contribution < 1.29 is 4.42 Å². The average Bonchev–Trinajstić information content (AvgIpc) is 3.80. The smallest absolute Gasteiger partial charge is 0.143 e. The molecular weight excluding hydrogens is 739 g/mol. The van der Waals surface area contributed by atoms with Gasteiger partial charge in [0.2, 0.25) is 0 Å². The van der Waals surface area contributed by atoms with Crippen LogP contribution >= 0.6 is 0 Å². The number of furan rings is 1. The summed E-state index contributed by atoms with van der Waals surface area (Å²) in [5.41, 5.74) is 17.2. The highest BCUT2D eigenvalue weighted by molar-refractivity contribution is 6.21. The number of anilines is 3. The van der Waals surface area contributed by atoms with E-state index in [4.69, 9.17) is 4.42 Å². The van der Waals surface area contributed by atoms with Gasteiger partial charge in [0.05, 0.1) is 0 Å². The molecule has 10 aromatic carbocycles. The van der Waals surface area contributed by atoms with Gasteiger partial charge in [0.1, 0.15) is 11.2 Å². The number of benzene rings is 10. The van der Waals surface area contributed by atoms with Gasteiger partial charge >= 0.3 is 0 Å². The van der Waals surface area contributed by atoms with Crippen LogP contribution in [0.5, 0.6) is 0 Å². The van der Waals surface area contributed by atoms with Gasteiger partial charge in [-0.2, -0.15) is 0 Å². The molecule has 1 aliphatic rings. The van der Waals surface area contributed by atoms with Crippen molar-refractivity contribution in [2.24, 2.45) is 0 Å². The lowest BCUT2D eigenvalue weighted by Crippen LogP contribution is -2.16. The summed E-state index contributed by atoms with van der Waals surface area (Å²) < 4.78 is 7.02. The predicted octanol–water partition coefficient (Wildman–Crippen LogP) is 16.7. The molecule has 0 spiro atoms. The first-order valence-corrected chi connectivity index (χ1v) is 21.2. The summed E-state index contributed by atoms with van der Waals surface area (Å²) in [5.74, 6) is 0. The van der Waals surface area contributed by atoms with Crippen LogP contribution in [0.25, 0.3) is 88.0 Å². The zero-order valence-corrected chi connectivity index (χ0v) is 34.1. The van der Waals surface area contributed by atoms with Crippen LogP contribution in [-0.2, 0) is 5.41 Å². The van der Waals surface area contributed by atoms with Gasteiger partial charge in [0, 0.05) is 44.7 Å². The van der Waals surface area contributed by atoms with Crippen molar-refractivity contribution in [3.63, 3.8) is 0 Å². The summed E-state index contributed by atoms with van der Waals surface area (Å²) >= 11 is 0. The number of hydrogen-bond acceptors (Lipinski definition) is 2. The summed E-state index contributed by atoms with van der Waals surface area (Å²) in [6.07, 6.45) is 0. The first-order chi connectivity index (χ1) is 30.0. The quantitative estimate of drug-likeness (QED) is 0.167. The van der Waals surface area contributed by atoms with Crippen molar-refractivity contribution in [3.05, 3.63) is 223 Å². The fraction of sp³-hybridized carbons (Fsp3) is 0.0508. The molecule has 0 saturated carbocycles. The molecule has 2 heteroatoms. The molecule has 0 amide bonds. The molecule has 0 N–H and O–H groups in total. The topological polar surface area (TPSA) is 16.4 Å². The minimum Gasteiger partial charge on any atom is -0.455 e. The standard InChI is InChI=1S/C59H41NO/c1-59(2)55-27-14-13-24-49(55)50-30-28-43(35-56(50)59)60(45-33-41(38-16-5-3-6-17-38)32-42(34-45)39-18-7-4-8-19-39)44-29-31-51-54-37-53(47-26-15-21-40-20-9-10-22-46(40)47)48-23-11-12-25-52(48)58(54)61-57(51)36-44/h3-37H,1-2H3. The maximum absolute atomic E-state index is 7.02. The molecule has 0 unspecified atom stereocenters. The van der Waals surface area contributed by atoms with Gasteiger partial charge in [-0.1, -0.05) is 172 Å². The van der Waals surface area contributed by atoms with Crippen molar-refractivity contribution in [1.29, 1.82) is 0 Å². The number of fused-ring (bicyclic) bond motifs is 9. The minimum atomic E-state index is -0.153. The number of hydrogen-bond donors (Lipinski definition) is 0. The minimum absolute atomic E-state index is 0.153. The van der Waals surface area contributed by atoms with Crippen LogP contribution in [0.2, 0.25) is 0 Å². The molecule has 61 heavy (non-hydrogen) atoms. The highest BCUT2D eigenvalue weighted by atomic mass is 16.3. The number of nitrogens with zero attached hydrogens (tertiary/aromatic N) is 1. The van der Waals surface area contributed by atoms with Gasteiger partial charge in [0.25, 0.3) is 0 Å². The lowest BCUT2D eigenvalue weighted by atomic mass is 9.82. The monoisotopic (exact) mass is 779 g/mol. The van der Waals surface area contributed by atoms with Crippen molar-refractivity contribution in [1.82, 2.24) is 0 Å². The van der Waals surface area contributed by atoms with Crippen LogP contribution in [0.3, 0.4) is 0 Å². The fourth-order valence-corrected chi connectivity index (χ4v) is 10.0. The molecule has 0 bridgehead atoms. The third kappa shape index (κ3) is 5.64. The fourth-order valence-electron chi connectivity index (χ4n) is 10.0.